The lowest BCUT2D eigenvalue weighted by atomic mass is 10.2. The third-order valence-corrected chi connectivity index (χ3v) is 4.18. The smallest absolute Gasteiger partial charge is 0.139 e. The minimum atomic E-state index is -0.188. The number of halogens is 1. The Balaban J connectivity index is 1.78. The fraction of sp³-hybridized carbons (Fsp3) is 0.286. The Bertz CT molecular complexity index is 616. The highest BCUT2D eigenvalue weighted by molar-refractivity contribution is 7.98. The predicted octanol–water partition coefficient (Wildman–Crippen LogP) is 2.82. The second-order valence-electron chi connectivity index (χ2n) is 4.47. The number of nitrogens with one attached hydrogen (secondary N) is 1. The largest absolute Gasteiger partial charge is 0.307 e. The van der Waals surface area contributed by atoms with Crippen molar-refractivity contribution in [3.8, 4) is 0 Å². The molecule has 1 aromatic heterocycles. The molecule has 1 aromatic carbocycles. The molecule has 19 heavy (non-hydrogen) atoms. The van der Waals surface area contributed by atoms with E-state index in [0.717, 1.165) is 30.3 Å². The van der Waals surface area contributed by atoms with Gasteiger partial charge in [-0.05, 0) is 19.1 Å². The number of nitrogens with zero attached hydrogens (tertiary/aromatic N) is 2. The minimum Gasteiger partial charge on any atom is -0.307 e. The van der Waals surface area contributed by atoms with Gasteiger partial charge in [0.1, 0.15) is 11.6 Å². The molecule has 0 saturated carbocycles. The number of hydrogen-bond acceptors (Lipinski definition) is 4. The summed E-state index contributed by atoms with van der Waals surface area (Å²) in [6.45, 7) is 3.66. The number of aromatic nitrogens is 2. The first-order chi connectivity index (χ1) is 9.24. The van der Waals surface area contributed by atoms with Crippen molar-refractivity contribution in [2.45, 2.75) is 30.7 Å². The van der Waals surface area contributed by atoms with Crippen molar-refractivity contribution >= 4 is 11.8 Å². The van der Waals surface area contributed by atoms with E-state index in [-0.39, 0.29) is 5.82 Å². The minimum absolute atomic E-state index is 0.188. The maximum Gasteiger partial charge on any atom is 0.139 e. The number of rotatable bonds is 3. The molecule has 1 aliphatic heterocycles. The van der Waals surface area contributed by atoms with Gasteiger partial charge in [0.15, 0.2) is 0 Å². The highest BCUT2D eigenvalue weighted by Crippen LogP contribution is 2.25. The van der Waals surface area contributed by atoms with Crippen LogP contribution in [-0.2, 0) is 18.8 Å². The molecule has 0 spiro atoms. The van der Waals surface area contributed by atoms with Gasteiger partial charge in [0, 0.05) is 29.2 Å². The highest BCUT2D eigenvalue weighted by atomic mass is 32.2. The zero-order valence-corrected chi connectivity index (χ0v) is 11.4. The van der Waals surface area contributed by atoms with Crippen LogP contribution in [0, 0.1) is 12.7 Å². The summed E-state index contributed by atoms with van der Waals surface area (Å²) in [7, 11) is 0. The Morgan fingerprint density at radius 1 is 1.26 bits per heavy atom. The maximum absolute atomic E-state index is 13.5. The molecule has 0 fully saturated rings. The zero-order valence-electron chi connectivity index (χ0n) is 10.6. The number of benzene rings is 1. The van der Waals surface area contributed by atoms with Crippen molar-refractivity contribution in [1.82, 2.24) is 15.3 Å². The molecule has 5 heteroatoms. The molecule has 98 valence electrons. The van der Waals surface area contributed by atoms with Gasteiger partial charge in [-0.2, -0.15) is 0 Å². The van der Waals surface area contributed by atoms with E-state index in [4.69, 9.17) is 0 Å². The van der Waals surface area contributed by atoms with E-state index in [2.05, 4.69) is 15.3 Å². The van der Waals surface area contributed by atoms with Crippen molar-refractivity contribution in [3.05, 3.63) is 52.9 Å². The lowest BCUT2D eigenvalue weighted by Crippen LogP contribution is -2.02. The first-order valence-corrected chi connectivity index (χ1v) is 7.16. The Morgan fingerprint density at radius 2 is 2.11 bits per heavy atom. The van der Waals surface area contributed by atoms with E-state index in [9.17, 15) is 4.39 Å². The third-order valence-electron chi connectivity index (χ3n) is 3.13. The average molecular weight is 275 g/mol. The molecule has 0 aliphatic carbocycles. The molecule has 1 aliphatic rings. The Kier molecular flexibility index (Phi) is 3.48. The van der Waals surface area contributed by atoms with Crippen LogP contribution >= 0.6 is 11.8 Å². The first kappa shape index (κ1) is 12.6. The second kappa shape index (κ2) is 5.27. The molecule has 3 rings (SSSR count). The van der Waals surface area contributed by atoms with E-state index in [1.807, 2.05) is 13.0 Å². The van der Waals surface area contributed by atoms with Crippen molar-refractivity contribution in [2.24, 2.45) is 0 Å². The first-order valence-electron chi connectivity index (χ1n) is 6.17. The molecule has 0 radical (unpaired) electrons. The summed E-state index contributed by atoms with van der Waals surface area (Å²) in [6.07, 6.45) is 0. The van der Waals surface area contributed by atoms with Gasteiger partial charge in [-0.1, -0.05) is 12.1 Å². The molecule has 1 N–H and O–H groups in total. The Labute approximate surface area is 115 Å². The lowest BCUT2D eigenvalue weighted by Gasteiger charge is -2.06. The Hall–Kier alpha value is -1.46. The quantitative estimate of drug-likeness (QED) is 0.874. The number of aryl methyl sites for hydroxylation is 1. The van der Waals surface area contributed by atoms with Crippen LogP contribution in [-0.4, -0.2) is 9.97 Å². The lowest BCUT2D eigenvalue weighted by molar-refractivity contribution is 0.602. The van der Waals surface area contributed by atoms with Crippen LogP contribution in [0.15, 0.2) is 29.2 Å². The normalized spacial score (nSPS) is 13.6. The summed E-state index contributed by atoms with van der Waals surface area (Å²) in [6, 6.07) is 6.79. The summed E-state index contributed by atoms with van der Waals surface area (Å²) in [4.78, 5) is 9.68. The van der Waals surface area contributed by atoms with Gasteiger partial charge >= 0.3 is 0 Å². The molecular formula is C14H14FN3S. The van der Waals surface area contributed by atoms with E-state index < -0.39 is 0 Å². The molecule has 3 nitrogen and oxygen atoms in total. The van der Waals surface area contributed by atoms with Crippen molar-refractivity contribution < 1.29 is 4.39 Å². The topological polar surface area (TPSA) is 37.8 Å². The molecule has 0 atom stereocenters. The molecule has 0 bridgehead atoms. The van der Waals surface area contributed by atoms with E-state index in [1.165, 1.54) is 23.4 Å². The van der Waals surface area contributed by atoms with Crippen LogP contribution in [0.2, 0.25) is 0 Å². The fourth-order valence-electron chi connectivity index (χ4n) is 2.17. The molecule has 0 unspecified atom stereocenters. The Morgan fingerprint density at radius 3 is 2.95 bits per heavy atom. The van der Waals surface area contributed by atoms with Crippen LogP contribution in [0.5, 0.6) is 0 Å². The second-order valence-corrected chi connectivity index (χ2v) is 5.49. The van der Waals surface area contributed by atoms with Crippen LogP contribution in [0.25, 0.3) is 0 Å². The van der Waals surface area contributed by atoms with Crippen LogP contribution < -0.4 is 5.32 Å². The van der Waals surface area contributed by atoms with Crippen LogP contribution in [0.4, 0.5) is 4.39 Å². The molecule has 2 aromatic rings. The zero-order chi connectivity index (χ0) is 13.2. The number of fused-ring (bicyclic) bond motifs is 1. The van der Waals surface area contributed by atoms with Gasteiger partial charge < -0.3 is 5.32 Å². The molecule has 0 amide bonds. The molecular weight excluding hydrogens is 261 g/mol. The summed E-state index contributed by atoms with van der Waals surface area (Å²) in [5.74, 6) is 1.18. The highest BCUT2D eigenvalue weighted by Gasteiger charge is 2.16. The van der Waals surface area contributed by atoms with Gasteiger partial charge in [0.05, 0.1) is 11.4 Å². The monoisotopic (exact) mass is 275 g/mol. The fourth-order valence-corrected chi connectivity index (χ4v) is 2.96. The predicted molar refractivity (Wildman–Crippen MR) is 73.3 cm³/mol. The van der Waals surface area contributed by atoms with Gasteiger partial charge in [0.25, 0.3) is 0 Å². The van der Waals surface area contributed by atoms with E-state index >= 15 is 0 Å². The summed E-state index contributed by atoms with van der Waals surface area (Å²) in [5.41, 5.74) is 3.32. The van der Waals surface area contributed by atoms with Crippen LogP contribution in [0.1, 0.15) is 22.8 Å². The van der Waals surface area contributed by atoms with E-state index in [1.54, 1.807) is 12.1 Å². The molecule has 2 heterocycles. The van der Waals surface area contributed by atoms with Crippen molar-refractivity contribution in [2.75, 3.05) is 0 Å². The third kappa shape index (κ3) is 2.62. The standard InChI is InChI=1S/C14H14FN3S/c1-9-10-6-16-7-12(10)18-14(17-9)8-19-13-5-3-2-4-11(13)15/h2-5,16H,6-8H2,1H3. The average Bonchev–Trinajstić information content (AvgIpc) is 2.87. The van der Waals surface area contributed by atoms with Gasteiger partial charge in [-0.25, -0.2) is 14.4 Å². The van der Waals surface area contributed by atoms with Gasteiger partial charge in [0.2, 0.25) is 0 Å². The summed E-state index contributed by atoms with van der Waals surface area (Å²) in [5, 5.41) is 3.27. The van der Waals surface area contributed by atoms with Crippen LogP contribution in [0.3, 0.4) is 0 Å². The van der Waals surface area contributed by atoms with Crippen molar-refractivity contribution in [3.63, 3.8) is 0 Å². The van der Waals surface area contributed by atoms with E-state index in [0.29, 0.717) is 10.6 Å². The summed E-state index contributed by atoms with van der Waals surface area (Å²) < 4.78 is 13.5. The van der Waals surface area contributed by atoms with Gasteiger partial charge in [-0.15, -0.1) is 11.8 Å². The van der Waals surface area contributed by atoms with Gasteiger partial charge in [-0.3, -0.25) is 0 Å². The number of hydrogen-bond donors (Lipinski definition) is 1. The molecule has 0 saturated heterocycles. The number of thioether (sulfide) groups is 1. The van der Waals surface area contributed by atoms with Crippen molar-refractivity contribution in [1.29, 1.82) is 0 Å². The summed E-state index contributed by atoms with van der Waals surface area (Å²) >= 11 is 1.43. The maximum atomic E-state index is 13.5. The SMILES string of the molecule is Cc1nc(CSc2ccccc2F)nc2c1CNC2.